The molecule has 2 amide bonds. The van der Waals surface area contributed by atoms with Gasteiger partial charge in [0.25, 0.3) is 0 Å². The topological polar surface area (TPSA) is 53.5 Å². The number of para-hydroxylation sites is 1. The van der Waals surface area contributed by atoms with Gasteiger partial charge in [-0.25, -0.2) is 4.98 Å². The van der Waals surface area contributed by atoms with Crippen LogP contribution in [0.25, 0.3) is 16.3 Å². The summed E-state index contributed by atoms with van der Waals surface area (Å²) in [7, 11) is 0. The van der Waals surface area contributed by atoms with Crippen molar-refractivity contribution in [2.75, 3.05) is 26.2 Å². The first-order valence-corrected chi connectivity index (χ1v) is 12.7. The SMILES string of the molecule is O=C(C=Cc1ccccc1)N1CCC(C(=O)N2CCCC(c3nc4ccccc4s3)C2)CC1. The molecule has 2 aliphatic rings. The number of benzene rings is 2. The molecule has 0 bridgehead atoms. The summed E-state index contributed by atoms with van der Waals surface area (Å²) in [6.07, 6.45) is 7.09. The van der Waals surface area contributed by atoms with Gasteiger partial charge in [0.1, 0.15) is 0 Å². The Balaban J connectivity index is 1.16. The smallest absolute Gasteiger partial charge is 0.246 e. The molecule has 3 heterocycles. The van der Waals surface area contributed by atoms with Gasteiger partial charge < -0.3 is 9.80 Å². The summed E-state index contributed by atoms with van der Waals surface area (Å²) in [6.45, 7) is 2.88. The lowest BCUT2D eigenvalue weighted by molar-refractivity contribution is -0.140. The molecule has 5 rings (SSSR count). The highest BCUT2D eigenvalue weighted by Gasteiger charge is 2.33. The number of aromatic nitrogens is 1. The number of rotatable bonds is 4. The zero-order valence-electron chi connectivity index (χ0n) is 18.7. The molecule has 0 spiro atoms. The monoisotopic (exact) mass is 459 g/mol. The number of hydrogen-bond donors (Lipinski definition) is 0. The highest BCUT2D eigenvalue weighted by molar-refractivity contribution is 7.18. The quantitative estimate of drug-likeness (QED) is 0.519. The van der Waals surface area contributed by atoms with E-state index in [-0.39, 0.29) is 17.7 Å². The fourth-order valence-corrected chi connectivity index (χ4v) is 5.98. The van der Waals surface area contributed by atoms with Crippen LogP contribution < -0.4 is 0 Å². The highest BCUT2D eigenvalue weighted by Crippen LogP contribution is 2.34. The average molecular weight is 460 g/mol. The molecule has 33 heavy (non-hydrogen) atoms. The third kappa shape index (κ3) is 5.01. The van der Waals surface area contributed by atoms with Gasteiger partial charge in [-0.3, -0.25) is 9.59 Å². The molecule has 2 aromatic carbocycles. The fourth-order valence-electron chi connectivity index (χ4n) is 4.89. The van der Waals surface area contributed by atoms with Crippen LogP contribution in [0.1, 0.15) is 42.2 Å². The second kappa shape index (κ2) is 9.87. The third-order valence-corrected chi connectivity index (χ3v) is 7.97. The molecule has 0 saturated carbocycles. The van der Waals surface area contributed by atoms with Gasteiger partial charge in [0.2, 0.25) is 11.8 Å². The van der Waals surface area contributed by atoms with Gasteiger partial charge in [-0.15, -0.1) is 11.3 Å². The van der Waals surface area contributed by atoms with Crippen molar-refractivity contribution in [2.45, 2.75) is 31.6 Å². The van der Waals surface area contributed by atoms with E-state index in [2.05, 4.69) is 23.1 Å². The van der Waals surface area contributed by atoms with Crippen molar-refractivity contribution < 1.29 is 9.59 Å². The zero-order valence-corrected chi connectivity index (χ0v) is 19.5. The van der Waals surface area contributed by atoms with Gasteiger partial charge in [0.05, 0.1) is 15.2 Å². The van der Waals surface area contributed by atoms with E-state index in [0.29, 0.717) is 19.0 Å². The van der Waals surface area contributed by atoms with E-state index < -0.39 is 0 Å². The van der Waals surface area contributed by atoms with Crippen molar-refractivity contribution >= 4 is 39.4 Å². The number of carbonyl (C=O) groups is 2. The van der Waals surface area contributed by atoms with Crippen LogP contribution in [0.5, 0.6) is 0 Å². The first-order chi connectivity index (χ1) is 16.2. The highest BCUT2D eigenvalue weighted by atomic mass is 32.1. The molecule has 3 aromatic rings. The molecule has 0 N–H and O–H groups in total. The largest absolute Gasteiger partial charge is 0.342 e. The van der Waals surface area contributed by atoms with Crippen molar-refractivity contribution in [3.05, 3.63) is 71.2 Å². The lowest BCUT2D eigenvalue weighted by atomic mass is 9.92. The third-order valence-electron chi connectivity index (χ3n) is 6.77. The number of hydrogen-bond acceptors (Lipinski definition) is 4. The predicted molar refractivity (Wildman–Crippen MR) is 133 cm³/mol. The summed E-state index contributed by atoms with van der Waals surface area (Å²) < 4.78 is 1.22. The molecule has 2 saturated heterocycles. The Morgan fingerprint density at radius 1 is 0.909 bits per heavy atom. The molecule has 1 unspecified atom stereocenters. The number of carbonyl (C=O) groups excluding carboxylic acids is 2. The number of amides is 2. The summed E-state index contributed by atoms with van der Waals surface area (Å²) >= 11 is 1.76. The van der Waals surface area contributed by atoms with Crippen LogP contribution in [0.4, 0.5) is 0 Å². The van der Waals surface area contributed by atoms with E-state index in [1.807, 2.05) is 47.4 Å². The molecular weight excluding hydrogens is 430 g/mol. The average Bonchev–Trinajstić information content (AvgIpc) is 3.32. The van der Waals surface area contributed by atoms with Crippen molar-refractivity contribution in [3.63, 3.8) is 0 Å². The van der Waals surface area contributed by atoms with Crippen LogP contribution in [0.3, 0.4) is 0 Å². The van der Waals surface area contributed by atoms with Crippen molar-refractivity contribution in [3.8, 4) is 0 Å². The summed E-state index contributed by atoms with van der Waals surface area (Å²) in [4.78, 5) is 34.6. The van der Waals surface area contributed by atoms with Gasteiger partial charge in [0, 0.05) is 44.1 Å². The van der Waals surface area contributed by atoms with Gasteiger partial charge in [-0.1, -0.05) is 42.5 Å². The fraction of sp³-hybridized carbons (Fsp3) is 0.370. The molecule has 1 aromatic heterocycles. The molecule has 5 nitrogen and oxygen atoms in total. The van der Waals surface area contributed by atoms with Gasteiger partial charge >= 0.3 is 0 Å². The predicted octanol–water partition coefficient (Wildman–Crippen LogP) is 4.95. The maximum atomic E-state index is 13.3. The maximum absolute atomic E-state index is 13.3. The Morgan fingerprint density at radius 2 is 1.67 bits per heavy atom. The minimum Gasteiger partial charge on any atom is -0.342 e. The molecular formula is C27H29N3O2S. The number of nitrogens with zero attached hydrogens (tertiary/aromatic N) is 3. The van der Waals surface area contributed by atoms with E-state index in [1.54, 1.807) is 17.4 Å². The Morgan fingerprint density at radius 3 is 2.45 bits per heavy atom. The molecule has 2 aliphatic heterocycles. The number of thiazole rings is 1. The number of likely N-dealkylation sites (tertiary alicyclic amines) is 2. The summed E-state index contributed by atoms with van der Waals surface area (Å²) in [5, 5.41) is 1.15. The van der Waals surface area contributed by atoms with Crippen LogP contribution in [-0.4, -0.2) is 52.8 Å². The Labute approximate surface area is 198 Å². The van der Waals surface area contributed by atoms with E-state index in [4.69, 9.17) is 4.98 Å². The second-order valence-electron chi connectivity index (χ2n) is 8.99. The van der Waals surface area contributed by atoms with Crippen molar-refractivity contribution in [1.82, 2.24) is 14.8 Å². The van der Waals surface area contributed by atoms with E-state index in [9.17, 15) is 9.59 Å². The summed E-state index contributed by atoms with van der Waals surface area (Å²) in [5.74, 6) is 0.623. The standard InChI is InChI=1S/C27H29N3O2S/c31-25(13-12-20-7-2-1-3-8-20)29-17-14-21(15-18-29)27(32)30-16-6-9-22(19-30)26-28-23-10-4-5-11-24(23)33-26/h1-5,7-8,10-13,21-22H,6,9,14-19H2. The van der Waals surface area contributed by atoms with Crippen LogP contribution in [-0.2, 0) is 9.59 Å². The van der Waals surface area contributed by atoms with Crippen LogP contribution in [0, 0.1) is 5.92 Å². The van der Waals surface area contributed by atoms with Gasteiger partial charge in [0.15, 0.2) is 0 Å². The molecule has 1 atom stereocenters. The number of piperidine rings is 2. The van der Waals surface area contributed by atoms with Gasteiger partial charge in [-0.2, -0.15) is 0 Å². The van der Waals surface area contributed by atoms with Crippen molar-refractivity contribution in [2.24, 2.45) is 5.92 Å². The zero-order chi connectivity index (χ0) is 22.6. The Kier molecular flexibility index (Phi) is 6.53. The minimum absolute atomic E-state index is 0.0151. The first kappa shape index (κ1) is 21.8. The van der Waals surface area contributed by atoms with Crippen LogP contribution >= 0.6 is 11.3 Å². The van der Waals surface area contributed by atoms with E-state index >= 15 is 0 Å². The van der Waals surface area contributed by atoms with E-state index in [0.717, 1.165) is 54.9 Å². The molecule has 170 valence electrons. The summed E-state index contributed by atoms with van der Waals surface area (Å²) in [6, 6.07) is 18.1. The Bertz CT molecular complexity index is 1120. The maximum Gasteiger partial charge on any atom is 0.246 e. The first-order valence-electron chi connectivity index (χ1n) is 11.8. The Hall–Kier alpha value is -2.99. The van der Waals surface area contributed by atoms with Gasteiger partial charge in [-0.05, 0) is 49.5 Å². The molecule has 0 aliphatic carbocycles. The summed E-state index contributed by atoms with van der Waals surface area (Å²) in [5.41, 5.74) is 2.07. The van der Waals surface area contributed by atoms with Crippen molar-refractivity contribution in [1.29, 1.82) is 0 Å². The van der Waals surface area contributed by atoms with Crippen LogP contribution in [0.15, 0.2) is 60.7 Å². The molecule has 6 heteroatoms. The minimum atomic E-state index is 0.0151. The van der Waals surface area contributed by atoms with E-state index in [1.165, 1.54) is 4.70 Å². The molecule has 0 radical (unpaired) electrons. The normalized spacial score (nSPS) is 19.9. The second-order valence-corrected chi connectivity index (χ2v) is 10.0. The molecule has 2 fully saturated rings. The number of fused-ring (bicyclic) bond motifs is 1. The lowest BCUT2D eigenvalue weighted by Gasteiger charge is -2.37. The van der Waals surface area contributed by atoms with Crippen LogP contribution in [0.2, 0.25) is 0 Å². The lowest BCUT2D eigenvalue weighted by Crippen LogP contribution is -2.46.